The lowest BCUT2D eigenvalue weighted by Gasteiger charge is -2.28. The maximum absolute atomic E-state index is 11.6. The average molecular weight is 253 g/mol. The zero-order valence-corrected chi connectivity index (χ0v) is 12.1. The minimum atomic E-state index is 0.0208. The predicted octanol–water partition coefficient (Wildman–Crippen LogP) is 1.09. The Hall–Kier alpha value is -0.870. The smallest absolute Gasteiger partial charge is 0.243 e. The second-order valence-corrected chi connectivity index (χ2v) is 5.54. The van der Waals surface area contributed by atoms with Crippen molar-refractivity contribution in [1.82, 2.24) is 15.1 Å². The van der Waals surface area contributed by atoms with Crippen molar-refractivity contribution in [1.29, 1.82) is 0 Å². The fourth-order valence-corrected chi connectivity index (χ4v) is 2.40. The number of hydrogen-bond donors (Lipinski definition) is 1. The summed E-state index contributed by atoms with van der Waals surface area (Å²) in [4.78, 5) is 16.1. The lowest BCUT2D eigenvalue weighted by molar-refractivity contribution is -0.116. The van der Waals surface area contributed by atoms with Gasteiger partial charge in [-0.25, -0.2) is 0 Å². The minimum absolute atomic E-state index is 0.0208. The predicted molar refractivity (Wildman–Crippen MR) is 75.6 cm³/mol. The molecule has 0 spiro atoms. The molecule has 1 aliphatic rings. The maximum Gasteiger partial charge on any atom is 0.243 e. The van der Waals surface area contributed by atoms with E-state index in [1.54, 1.807) is 6.08 Å². The molecule has 0 saturated carbocycles. The van der Waals surface area contributed by atoms with Crippen LogP contribution in [0.5, 0.6) is 0 Å². The molecular formula is C14H27N3O. The summed E-state index contributed by atoms with van der Waals surface area (Å²) in [6.07, 6.45) is 5.97. The summed E-state index contributed by atoms with van der Waals surface area (Å²) < 4.78 is 0. The van der Waals surface area contributed by atoms with Gasteiger partial charge in [-0.2, -0.15) is 0 Å². The Kier molecular flexibility index (Phi) is 6.36. The number of hydrogen-bond acceptors (Lipinski definition) is 3. The normalized spacial score (nSPS) is 21.3. The van der Waals surface area contributed by atoms with Gasteiger partial charge in [0.25, 0.3) is 0 Å². The van der Waals surface area contributed by atoms with E-state index >= 15 is 0 Å². The highest BCUT2D eigenvalue weighted by molar-refractivity contribution is 5.87. The van der Waals surface area contributed by atoms with E-state index in [1.807, 2.05) is 25.1 Å². The molecule has 0 bridgehead atoms. The van der Waals surface area contributed by atoms with Crippen molar-refractivity contribution in [3.05, 3.63) is 12.2 Å². The highest BCUT2D eigenvalue weighted by Gasteiger charge is 2.26. The molecule has 0 aromatic rings. The van der Waals surface area contributed by atoms with Crippen molar-refractivity contribution in [2.75, 3.05) is 33.7 Å². The Morgan fingerprint density at radius 2 is 2.22 bits per heavy atom. The van der Waals surface area contributed by atoms with Crippen molar-refractivity contribution in [3.8, 4) is 0 Å². The molecule has 1 N–H and O–H groups in total. The summed E-state index contributed by atoms with van der Waals surface area (Å²) >= 11 is 0. The Morgan fingerprint density at radius 1 is 1.50 bits per heavy atom. The van der Waals surface area contributed by atoms with Crippen LogP contribution in [0.25, 0.3) is 0 Å². The van der Waals surface area contributed by atoms with Gasteiger partial charge in [-0.1, -0.05) is 6.08 Å². The van der Waals surface area contributed by atoms with E-state index in [-0.39, 0.29) is 5.91 Å². The molecule has 1 rings (SSSR count). The third-order valence-electron chi connectivity index (χ3n) is 3.34. The van der Waals surface area contributed by atoms with Crippen molar-refractivity contribution >= 4 is 5.91 Å². The van der Waals surface area contributed by atoms with Crippen LogP contribution < -0.4 is 5.32 Å². The number of rotatable bonds is 6. The molecule has 0 aliphatic carbocycles. The Labute approximate surface area is 111 Å². The quantitative estimate of drug-likeness (QED) is 0.720. The molecule has 4 nitrogen and oxygen atoms in total. The zero-order chi connectivity index (χ0) is 13.5. The number of amides is 1. The summed E-state index contributed by atoms with van der Waals surface area (Å²) in [6.45, 7) is 7.17. The first-order valence-electron chi connectivity index (χ1n) is 6.85. The largest absolute Gasteiger partial charge is 0.351 e. The van der Waals surface area contributed by atoms with E-state index < -0.39 is 0 Å². The van der Waals surface area contributed by atoms with Crippen molar-refractivity contribution in [3.63, 3.8) is 0 Å². The van der Waals surface area contributed by atoms with Gasteiger partial charge in [0, 0.05) is 31.2 Å². The Morgan fingerprint density at radius 3 is 2.83 bits per heavy atom. The van der Waals surface area contributed by atoms with Crippen molar-refractivity contribution < 1.29 is 4.79 Å². The zero-order valence-electron chi connectivity index (χ0n) is 12.1. The summed E-state index contributed by atoms with van der Waals surface area (Å²) in [5, 5.41) is 3.00. The number of likely N-dealkylation sites (tertiary alicyclic amines) is 1. The highest BCUT2D eigenvalue weighted by Crippen LogP contribution is 2.18. The molecule has 0 radical (unpaired) electrons. The van der Waals surface area contributed by atoms with Gasteiger partial charge >= 0.3 is 0 Å². The van der Waals surface area contributed by atoms with Crippen LogP contribution in [0.3, 0.4) is 0 Å². The van der Waals surface area contributed by atoms with Gasteiger partial charge in [-0.15, -0.1) is 0 Å². The molecule has 1 heterocycles. The second-order valence-electron chi connectivity index (χ2n) is 5.54. The fraction of sp³-hybridized carbons (Fsp3) is 0.786. The summed E-state index contributed by atoms with van der Waals surface area (Å²) in [5.74, 6) is 0.0208. The SMILES string of the molecule is CC(C)N1CCCC1CNC(=O)C=CCN(C)C. The lowest BCUT2D eigenvalue weighted by Crippen LogP contribution is -2.42. The molecule has 4 heteroatoms. The van der Waals surface area contributed by atoms with Gasteiger partial charge in [-0.3, -0.25) is 9.69 Å². The van der Waals surface area contributed by atoms with Gasteiger partial charge in [0.05, 0.1) is 0 Å². The Bertz CT molecular complexity index is 287. The van der Waals surface area contributed by atoms with Gasteiger partial charge < -0.3 is 10.2 Å². The molecule has 0 aromatic carbocycles. The first-order chi connectivity index (χ1) is 8.50. The molecule has 104 valence electrons. The molecule has 18 heavy (non-hydrogen) atoms. The van der Waals surface area contributed by atoms with Crippen molar-refractivity contribution in [2.24, 2.45) is 0 Å². The van der Waals surface area contributed by atoms with E-state index in [0.717, 1.165) is 19.6 Å². The first-order valence-corrected chi connectivity index (χ1v) is 6.85. The molecular weight excluding hydrogens is 226 g/mol. The van der Waals surface area contributed by atoms with Gasteiger partial charge in [-0.05, 0) is 47.3 Å². The topological polar surface area (TPSA) is 35.6 Å². The number of nitrogens with one attached hydrogen (secondary N) is 1. The molecule has 1 aliphatic heterocycles. The van der Waals surface area contributed by atoms with E-state index in [2.05, 4.69) is 24.1 Å². The van der Waals surface area contributed by atoms with Gasteiger partial charge in [0.1, 0.15) is 0 Å². The van der Waals surface area contributed by atoms with E-state index in [4.69, 9.17) is 0 Å². The second kappa shape index (κ2) is 7.54. The monoisotopic (exact) mass is 253 g/mol. The van der Waals surface area contributed by atoms with Crippen LogP contribution in [0, 0.1) is 0 Å². The maximum atomic E-state index is 11.6. The van der Waals surface area contributed by atoms with Crippen LogP contribution in [0.2, 0.25) is 0 Å². The molecule has 1 atom stereocenters. The van der Waals surface area contributed by atoms with Crippen LogP contribution in [0.1, 0.15) is 26.7 Å². The molecule has 1 amide bonds. The average Bonchev–Trinajstić information content (AvgIpc) is 2.74. The van der Waals surface area contributed by atoms with E-state index in [0.29, 0.717) is 12.1 Å². The Balaban J connectivity index is 2.27. The molecule has 1 unspecified atom stereocenters. The molecule has 1 fully saturated rings. The highest BCUT2D eigenvalue weighted by atomic mass is 16.1. The minimum Gasteiger partial charge on any atom is -0.351 e. The van der Waals surface area contributed by atoms with E-state index in [1.165, 1.54) is 12.8 Å². The van der Waals surface area contributed by atoms with E-state index in [9.17, 15) is 4.79 Å². The number of carbonyl (C=O) groups excluding carboxylic acids is 1. The summed E-state index contributed by atoms with van der Waals surface area (Å²) in [5.41, 5.74) is 0. The first kappa shape index (κ1) is 15.2. The van der Waals surface area contributed by atoms with Gasteiger partial charge in [0.2, 0.25) is 5.91 Å². The fourth-order valence-electron chi connectivity index (χ4n) is 2.40. The standard InChI is InChI=1S/C14H27N3O/c1-12(2)17-10-5-7-13(17)11-15-14(18)8-6-9-16(3)4/h6,8,12-13H,5,7,9-11H2,1-4H3,(H,15,18). The molecule has 0 aromatic heterocycles. The summed E-state index contributed by atoms with van der Waals surface area (Å²) in [7, 11) is 3.97. The van der Waals surface area contributed by atoms with Crippen molar-refractivity contribution in [2.45, 2.75) is 38.8 Å². The van der Waals surface area contributed by atoms with Crippen LogP contribution in [0.15, 0.2) is 12.2 Å². The third-order valence-corrected chi connectivity index (χ3v) is 3.34. The van der Waals surface area contributed by atoms with Crippen LogP contribution in [-0.2, 0) is 4.79 Å². The van der Waals surface area contributed by atoms with Gasteiger partial charge in [0.15, 0.2) is 0 Å². The van der Waals surface area contributed by atoms with Crippen LogP contribution >= 0.6 is 0 Å². The lowest BCUT2D eigenvalue weighted by atomic mass is 10.2. The molecule has 1 saturated heterocycles. The number of carbonyl (C=O) groups is 1. The van der Waals surface area contributed by atoms with Crippen LogP contribution in [0.4, 0.5) is 0 Å². The third kappa shape index (κ3) is 5.19. The van der Waals surface area contributed by atoms with Crippen LogP contribution in [-0.4, -0.2) is 61.5 Å². The number of nitrogens with zero attached hydrogens (tertiary/aromatic N) is 2. The summed E-state index contributed by atoms with van der Waals surface area (Å²) in [6, 6.07) is 1.08. The number of likely N-dealkylation sites (N-methyl/N-ethyl adjacent to an activating group) is 1.